The minimum atomic E-state index is -1.49. The molecule has 14 nitrogen and oxygen atoms in total. The second-order valence-corrected chi connectivity index (χ2v) is 15.3. The molecule has 0 saturated carbocycles. The molecular formula is C54H46F2O14. The summed E-state index contributed by atoms with van der Waals surface area (Å²) < 4.78 is 67.0. The van der Waals surface area contributed by atoms with Gasteiger partial charge >= 0.3 is 41.8 Å². The van der Waals surface area contributed by atoms with E-state index < -0.39 is 88.6 Å². The molecule has 70 heavy (non-hydrogen) atoms. The largest absolute Gasteiger partial charge is 0.423 e. The van der Waals surface area contributed by atoms with E-state index in [0.717, 1.165) is 30.3 Å². The van der Waals surface area contributed by atoms with Gasteiger partial charge in [0, 0.05) is 57.7 Å². The molecule has 0 amide bonds. The summed E-state index contributed by atoms with van der Waals surface area (Å²) in [5, 5.41) is 0. The van der Waals surface area contributed by atoms with Crippen molar-refractivity contribution in [1.82, 2.24) is 0 Å². The first-order valence-electron chi connectivity index (χ1n) is 20.8. The van der Waals surface area contributed by atoms with Gasteiger partial charge in [-0.1, -0.05) is 50.8 Å². The SMILES string of the molecule is C=CC(=O)Oc1cc(OC(=O)c2c(OC(=O)C(=C)C)cc(OC(=O)/C(C)=C(\C)c3ccc(OC(=O)C(=C)C)c(CCCF)c3)cc2OC(=O)C(=C)C)c(F)cc1C#Cc1ccc(OC(=O)C(=C)C)cc1. The monoisotopic (exact) mass is 956 g/mol. The first-order chi connectivity index (χ1) is 33.0. The molecule has 16 heteroatoms. The first kappa shape index (κ1) is 53.6. The Morgan fingerprint density at radius 3 is 1.61 bits per heavy atom. The van der Waals surface area contributed by atoms with E-state index in [1.165, 1.54) is 65.0 Å². The van der Waals surface area contributed by atoms with Gasteiger partial charge in [0.1, 0.15) is 22.8 Å². The smallest absolute Gasteiger partial charge is 0.351 e. The van der Waals surface area contributed by atoms with Crippen LogP contribution >= 0.6 is 0 Å². The highest BCUT2D eigenvalue weighted by Crippen LogP contribution is 2.38. The van der Waals surface area contributed by atoms with Gasteiger partial charge in [0.2, 0.25) is 0 Å². The molecule has 0 heterocycles. The highest BCUT2D eigenvalue weighted by molar-refractivity contribution is 6.02. The van der Waals surface area contributed by atoms with Gasteiger partial charge in [0.15, 0.2) is 28.8 Å². The quantitative estimate of drug-likeness (QED) is 0.0397. The Balaban J connectivity index is 1.79. The lowest BCUT2D eigenvalue weighted by atomic mass is 9.98. The molecule has 360 valence electrons. The van der Waals surface area contributed by atoms with E-state index in [1.54, 1.807) is 19.1 Å². The molecule has 4 rings (SSSR count). The lowest BCUT2D eigenvalue weighted by molar-refractivity contribution is -0.131. The van der Waals surface area contributed by atoms with Crippen molar-refractivity contribution in [3.05, 3.63) is 167 Å². The average Bonchev–Trinajstić information content (AvgIpc) is 3.31. The average molecular weight is 957 g/mol. The van der Waals surface area contributed by atoms with Gasteiger partial charge in [-0.3, -0.25) is 4.39 Å². The lowest BCUT2D eigenvalue weighted by Crippen LogP contribution is -2.19. The number of aryl methyl sites for hydroxylation is 1. The minimum Gasteiger partial charge on any atom is -0.423 e. The normalized spacial score (nSPS) is 10.7. The molecule has 0 unspecified atom stereocenters. The van der Waals surface area contributed by atoms with Crippen LogP contribution in [0.1, 0.15) is 80.6 Å². The van der Waals surface area contributed by atoms with Gasteiger partial charge in [-0.15, -0.1) is 0 Å². The van der Waals surface area contributed by atoms with E-state index in [-0.39, 0.29) is 57.8 Å². The third-order valence-corrected chi connectivity index (χ3v) is 9.42. The number of hydrogen-bond acceptors (Lipinski definition) is 14. The van der Waals surface area contributed by atoms with Gasteiger partial charge in [0.25, 0.3) is 0 Å². The van der Waals surface area contributed by atoms with Crippen LogP contribution in [0.25, 0.3) is 5.57 Å². The Morgan fingerprint density at radius 1 is 0.557 bits per heavy atom. The summed E-state index contributed by atoms with van der Waals surface area (Å²) in [4.78, 5) is 90.4. The number of benzene rings is 4. The van der Waals surface area contributed by atoms with E-state index in [9.17, 15) is 38.0 Å². The van der Waals surface area contributed by atoms with Crippen molar-refractivity contribution < 1.29 is 75.5 Å². The minimum absolute atomic E-state index is 0.0312. The van der Waals surface area contributed by atoms with Crippen LogP contribution in [0.2, 0.25) is 0 Å². The van der Waals surface area contributed by atoms with Crippen LogP contribution in [0.15, 0.2) is 134 Å². The van der Waals surface area contributed by atoms with Gasteiger partial charge in [-0.2, -0.15) is 0 Å². The molecule has 0 atom stereocenters. The topological polar surface area (TPSA) is 184 Å². The zero-order valence-electron chi connectivity index (χ0n) is 39.1. The van der Waals surface area contributed by atoms with Crippen molar-refractivity contribution >= 4 is 47.4 Å². The predicted molar refractivity (Wildman–Crippen MR) is 252 cm³/mol. The summed E-state index contributed by atoms with van der Waals surface area (Å²) in [7, 11) is 0. The fraction of sp³-hybridized carbons (Fsp3) is 0.167. The first-order valence-corrected chi connectivity index (χ1v) is 20.8. The molecule has 4 aromatic rings. The van der Waals surface area contributed by atoms with Crippen LogP contribution in [0, 0.1) is 17.7 Å². The molecule has 0 saturated heterocycles. The van der Waals surface area contributed by atoms with Crippen LogP contribution < -0.4 is 33.2 Å². The summed E-state index contributed by atoms with van der Waals surface area (Å²) in [5.41, 5.74) is 0.748. The Hall–Kier alpha value is -8.97. The Morgan fingerprint density at radius 2 is 1.09 bits per heavy atom. The number of halogens is 2. The second-order valence-electron chi connectivity index (χ2n) is 15.3. The summed E-state index contributed by atoms with van der Waals surface area (Å²) in [6.45, 7) is 25.4. The van der Waals surface area contributed by atoms with Crippen molar-refractivity contribution in [2.75, 3.05) is 6.67 Å². The number of carbonyl (C=O) groups excluding carboxylic acids is 7. The highest BCUT2D eigenvalue weighted by Gasteiger charge is 2.29. The summed E-state index contributed by atoms with van der Waals surface area (Å²) in [6.07, 6.45) is 1.12. The number of carbonyl (C=O) groups is 7. The molecule has 0 aliphatic carbocycles. The predicted octanol–water partition coefficient (Wildman–Crippen LogP) is 9.76. The standard InChI is InChI=1S/C54H46F2O14/c1-12-47(57)66-43-28-44(41(56)25-38(43)18-15-35-16-20-39(21-17-35)64-49(58)29(2)3)68-54(63)48-45(69-51(60)31(6)7)26-40(27-46(48)70-52(61)32(8)9)65-53(62)34(11)33(10)36-19-22-42(67-50(59)30(4)5)37(24-36)14-13-23-55/h12,16-17,19-22,24-28H,1-2,4,6,8,13-14,23H2,3,5,7,9-11H3/b34-33+. The van der Waals surface area contributed by atoms with Crippen molar-refractivity contribution in [3.8, 4) is 52.1 Å². The molecule has 0 aliphatic heterocycles. The molecule has 0 aliphatic rings. The van der Waals surface area contributed by atoms with Crippen LogP contribution in [-0.4, -0.2) is 48.5 Å². The molecule has 0 bridgehead atoms. The zero-order chi connectivity index (χ0) is 52.0. The molecule has 0 aromatic heterocycles. The maximum atomic E-state index is 15.9. The van der Waals surface area contributed by atoms with Crippen molar-refractivity contribution in [2.45, 2.75) is 54.4 Å². The van der Waals surface area contributed by atoms with E-state index in [2.05, 4.69) is 44.7 Å². The fourth-order valence-electron chi connectivity index (χ4n) is 5.50. The van der Waals surface area contributed by atoms with Gasteiger partial charge < -0.3 is 33.2 Å². The van der Waals surface area contributed by atoms with E-state index >= 15 is 4.39 Å². The fourth-order valence-corrected chi connectivity index (χ4v) is 5.50. The van der Waals surface area contributed by atoms with Crippen LogP contribution in [0.5, 0.6) is 40.2 Å². The number of rotatable bonds is 18. The number of allylic oxidation sites excluding steroid dienone is 1. The van der Waals surface area contributed by atoms with Crippen LogP contribution in [-0.2, 0) is 35.2 Å². The number of ether oxygens (including phenoxy) is 7. The van der Waals surface area contributed by atoms with E-state index in [0.29, 0.717) is 22.3 Å². The number of alkyl halides is 1. The van der Waals surface area contributed by atoms with E-state index in [4.69, 9.17) is 33.2 Å². The Labute approximate surface area is 402 Å². The highest BCUT2D eigenvalue weighted by atomic mass is 19.1. The summed E-state index contributed by atoms with van der Waals surface area (Å²) in [5.74, 6) is -5.46. The lowest BCUT2D eigenvalue weighted by Gasteiger charge is -2.17. The molecule has 0 radical (unpaired) electrons. The van der Waals surface area contributed by atoms with Gasteiger partial charge in [-0.25, -0.2) is 38.0 Å². The second kappa shape index (κ2) is 24.2. The molecular weight excluding hydrogens is 911 g/mol. The van der Waals surface area contributed by atoms with Crippen LogP contribution in [0.3, 0.4) is 0 Å². The number of hydrogen-bond donors (Lipinski definition) is 0. The Bertz CT molecular complexity index is 2930. The van der Waals surface area contributed by atoms with Crippen molar-refractivity contribution in [1.29, 1.82) is 0 Å². The van der Waals surface area contributed by atoms with E-state index in [1.807, 2.05) is 0 Å². The van der Waals surface area contributed by atoms with Crippen LogP contribution in [0.4, 0.5) is 8.78 Å². The van der Waals surface area contributed by atoms with Crippen molar-refractivity contribution in [2.24, 2.45) is 0 Å². The molecule has 0 spiro atoms. The third-order valence-electron chi connectivity index (χ3n) is 9.42. The van der Waals surface area contributed by atoms with Gasteiger partial charge in [-0.05, 0) is 114 Å². The maximum Gasteiger partial charge on any atom is 0.351 e. The molecule has 0 N–H and O–H groups in total. The molecule has 4 aromatic carbocycles. The zero-order valence-corrected chi connectivity index (χ0v) is 39.1. The maximum absolute atomic E-state index is 15.9. The molecule has 0 fully saturated rings. The van der Waals surface area contributed by atoms with Gasteiger partial charge in [0.05, 0.1) is 12.2 Å². The summed E-state index contributed by atoms with van der Waals surface area (Å²) in [6, 6.07) is 14.1. The number of esters is 7. The van der Waals surface area contributed by atoms with Crippen molar-refractivity contribution in [3.63, 3.8) is 0 Å². The summed E-state index contributed by atoms with van der Waals surface area (Å²) >= 11 is 0. The Kier molecular flexibility index (Phi) is 18.5. The third kappa shape index (κ3) is 14.5.